The SMILES string of the molecule is CO.O=C(O)CSc1n[nH]c(-c2cc(NCc3ccco3)cc(-c3ccc4ccccc4c3)c2)n1. The topological polar surface area (TPSA) is 124 Å². The van der Waals surface area contributed by atoms with Gasteiger partial charge in [0.25, 0.3) is 0 Å². The van der Waals surface area contributed by atoms with Crippen molar-refractivity contribution < 1.29 is 19.4 Å². The number of H-pyrrole nitrogens is 1. The Balaban J connectivity index is 0.00000141. The smallest absolute Gasteiger partial charge is 0.313 e. The summed E-state index contributed by atoms with van der Waals surface area (Å²) >= 11 is 1.08. The van der Waals surface area contributed by atoms with Crippen LogP contribution in [-0.4, -0.2) is 44.2 Å². The predicted molar refractivity (Wildman–Crippen MR) is 137 cm³/mol. The number of rotatable bonds is 8. The number of aliphatic carboxylic acids is 1. The minimum Gasteiger partial charge on any atom is -0.481 e. The lowest BCUT2D eigenvalue weighted by molar-refractivity contribution is -0.133. The molecule has 0 aliphatic heterocycles. The van der Waals surface area contributed by atoms with E-state index < -0.39 is 5.97 Å². The first-order valence-electron chi connectivity index (χ1n) is 10.8. The van der Waals surface area contributed by atoms with Crippen LogP contribution in [0.4, 0.5) is 5.69 Å². The van der Waals surface area contributed by atoms with E-state index in [1.165, 1.54) is 5.39 Å². The molecule has 5 rings (SSSR count). The number of nitrogens with one attached hydrogen (secondary N) is 2. The Bertz CT molecular complexity index is 1420. The zero-order chi connectivity index (χ0) is 24.6. The maximum absolute atomic E-state index is 10.9. The van der Waals surface area contributed by atoms with Crippen molar-refractivity contribution in [2.24, 2.45) is 0 Å². The maximum atomic E-state index is 10.9. The number of furan rings is 1. The molecule has 0 amide bonds. The standard InChI is InChI=1S/C25H20N4O3S.CH4O/c30-23(31)15-33-25-27-24(28-29-25)20-11-19(12-21(13-20)26-14-22-6-3-9-32-22)18-8-7-16-4-1-2-5-17(16)10-18;1-2/h1-13,26H,14-15H2,(H,30,31)(H,27,28,29);2H,1H3. The van der Waals surface area contributed by atoms with E-state index in [9.17, 15) is 4.79 Å². The zero-order valence-corrected chi connectivity index (χ0v) is 19.7. The number of carboxylic acid groups (broad SMARTS) is 1. The molecule has 0 fully saturated rings. The van der Waals surface area contributed by atoms with Gasteiger partial charge < -0.3 is 19.9 Å². The summed E-state index contributed by atoms with van der Waals surface area (Å²) in [5.74, 6) is 0.407. The monoisotopic (exact) mass is 488 g/mol. The molecule has 0 saturated carbocycles. The van der Waals surface area contributed by atoms with Gasteiger partial charge in [0.05, 0.1) is 18.6 Å². The van der Waals surface area contributed by atoms with Gasteiger partial charge in [0, 0.05) is 18.4 Å². The molecule has 0 aliphatic carbocycles. The third-order valence-corrected chi connectivity index (χ3v) is 5.96. The minimum absolute atomic E-state index is 0.0929. The number of aromatic nitrogens is 3. The number of anilines is 1. The summed E-state index contributed by atoms with van der Waals surface area (Å²) in [4.78, 5) is 15.3. The van der Waals surface area contributed by atoms with Crippen molar-refractivity contribution in [2.75, 3.05) is 18.2 Å². The first kappa shape index (κ1) is 24.1. The highest BCUT2D eigenvalue weighted by Gasteiger charge is 2.12. The molecule has 2 aromatic heterocycles. The molecule has 2 heterocycles. The first-order chi connectivity index (χ1) is 17.1. The van der Waals surface area contributed by atoms with Crippen LogP contribution in [0.5, 0.6) is 0 Å². The number of aliphatic hydroxyl groups is 1. The summed E-state index contributed by atoms with van der Waals surface area (Å²) < 4.78 is 5.44. The van der Waals surface area contributed by atoms with Crippen LogP contribution in [0.2, 0.25) is 0 Å². The molecule has 0 atom stereocenters. The van der Waals surface area contributed by atoms with Crippen LogP contribution in [0.15, 0.2) is 88.6 Å². The van der Waals surface area contributed by atoms with Crippen LogP contribution in [0.1, 0.15) is 5.76 Å². The van der Waals surface area contributed by atoms with Crippen molar-refractivity contribution in [1.29, 1.82) is 0 Å². The molecule has 0 unspecified atom stereocenters. The maximum Gasteiger partial charge on any atom is 0.313 e. The zero-order valence-electron chi connectivity index (χ0n) is 18.9. The third kappa shape index (κ3) is 6.08. The summed E-state index contributed by atoms with van der Waals surface area (Å²) in [6.45, 7) is 0.545. The molecule has 5 aromatic rings. The quantitative estimate of drug-likeness (QED) is 0.217. The number of hydrogen-bond donors (Lipinski definition) is 4. The largest absolute Gasteiger partial charge is 0.481 e. The second kappa shape index (κ2) is 11.4. The Morgan fingerprint density at radius 3 is 2.54 bits per heavy atom. The van der Waals surface area contributed by atoms with Crippen LogP contribution < -0.4 is 5.32 Å². The predicted octanol–water partition coefficient (Wildman–Crippen LogP) is 5.28. The van der Waals surface area contributed by atoms with Gasteiger partial charge >= 0.3 is 5.97 Å². The number of hydrogen-bond acceptors (Lipinski definition) is 7. The van der Waals surface area contributed by atoms with Crippen LogP contribution in [0.25, 0.3) is 33.3 Å². The van der Waals surface area contributed by atoms with Gasteiger partial charge in [0.1, 0.15) is 5.76 Å². The molecular weight excluding hydrogens is 464 g/mol. The summed E-state index contributed by atoms with van der Waals surface area (Å²) in [5, 5.41) is 29.1. The molecule has 3 aromatic carbocycles. The first-order valence-corrected chi connectivity index (χ1v) is 11.8. The second-order valence-corrected chi connectivity index (χ2v) is 8.39. The van der Waals surface area contributed by atoms with E-state index in [0.717, 1.165) is 52.4 Å². The van der Waals surface area contributed by atoms with Gasteiger partial charge in [-0.2, -0.15) is 0 Å². The average molecular weight is 489 g/mol. The van der Waals surface area contributed by atoms with Gasteiger partial charge in [-0.25, -0.2) is 4.98 Å². The van der Waals surface area contributed by atoms with Crippen molar-refractivity contribution in [3.63, 3.8) is 0 Å². The number of nitrogens with zero attached hydrogens (tertiary/aromatic N) is 2. The molecule has 4 N–H and O–H groups in total. The fourth-order valence-corrected chi connectivity index (χ4v) is 4.09. The van der Waals surface area contributed by atoms with Crippen molar-refractivity contribution in [3.05, 3.63) is 84.8 Å². The number of benzene rings is 3. The molecule has 0 aliphatic rings. The van der Waals surface area contributed by atoms with Crippen LogP contribution >= 0.6 is 11.8 Å². The Labute approximate surface area is 206 Å². The molecule has 0 saturated heterocycles. The molecule has 0 radical (unpaired) electrons. The molecule has 0 spiro atoms. The summed E-state index contributed by atoms with van der Waals surface area (Å²) in [7, 11) is 1.00. The fourth-order valence-electron chi connectivity index (χ4n) is 3.57. The Morgan fingerprint density at radius 1 is 0.971 bits per heavy atom. The van der Waals surface area contributed by atoms with Crippen molar-refractivity contribution >= 4 is 34.2 Å². The molecule has 178 valence electrons. The van der Waals surface area contributed by atoms with Crippen LogP contribution in [-0.2, 0) is 11.3 Å². The minimum atomic E-state index is -0.908. The Morgan fingerprint density at radius 2 is 1.77 bits per heavy atom. The number of aliphatic hydroxyl groups excluding tert-OH is 1. The number of carboxylic acids is 1. The molecular formula is C26H24N4O4S. The second-order valence-electron chi connectivity index (χ2n) is 7.44. The van der Waals surface area contributed by atoms with Crippen molar-refractivity contribution in [3.8, 4) is 22.5 Å². The Kier molecular flexibility index (Phi) is 7.81. The number of carbonyl (C=O) groups is 1. The highest BCUT2D eigenvalue weighted by Crippen LogP contribution is 2.31. The third-order valence-electron chi connectivity index (χ3n) is 5.13. The van der Waals surface area contributed by atoms with Gasteiger partial charge in [0.2, 0.25) is 5.16 Å². The molecule has 0 bridgehead atoms. The summed E-state index contributed by atoms with van der Waals surface area (Å²) in [6.07, 6.45) is 1.65. The van der Waals surface area contributed by atoms with Gasteiger partial charge in [0.15, 0.2) is 5.82 Å². The van der Waals surface area contributed by atoms with Crippen LogP contribution in [0, 0.1) is 0 Å². The average Bonchev–Trinajstić information content (AvgIpc) is 3.59. The highest BCUT2D eigenvalue weighted by atomic mass is 32.2. The van der Waals surface area contributed by atoms with Gasteiger partial charge in [-0.3, -0.25) is 9.89 Å². The summed E-state index contributed by atoms with van der Waals surface area (Å²) in [6, 6.07) is 24.5. The molecule has 8 nitrogen and oxygen atoms in total. The Hall–Kier alpha value is -4.08. The normalized spacial score (nSPS) is 10.6. The lowest BCUT2D eigenvalue weighted by atomic mass is 9.98. The number of aromatic amines is 1. The van der Waals surface area contributed by atoms with E-state index in [1.807, 2.05) is 36.4 Å². The molecule has 9 heteroatoms. The summed E-state index contributed by atoms with van der Waals surface area (Å²) in [5.41, 5.74) is 3.86. The van der Waals surface area contributed by atoms with E-state index in [0.29, 0.717) is 17.5 Å². The number of thioether (sulfide) groups is 1. The lowest BCUT2D eigenvalue weighted by Crippen LogP contribution is -1.99. The number of fused-ring (bicyclic) bond motifs is 1. The van der Waals surface area contributed by atoms with Gasteiger partial charge in [-0.1, -0.05) is 48.2 Å². The van der Waals surface area contributed by atoms with Crippen molar-refractivity contribution in [2.45, 2.75) is 11.7 Å². The fraction of sp³-hybridized carbons (Fsp3) is 0.115. The van der Waals surface area contributed by atoms with Gasteiger partial charge in [-0.05, 0) is 58.3 Å². The van der Waals surface area contributed by atoms with E-state index in [-0.39, 0.29) is 5.75 Å². The van der Waals surface area contributed by atoms with E-state index in [2.05, 4.69) is 56.9 Å². The lowest BCUT2D eigenvalue weighted by Gasteiger charge is -2.11. The van der Waals surface area contributed by atoms with Crippen molar-refractivity contribution in [1.82, 2.24) is 15.2 Å². The van der Waals surface area contributed by atoms with Gasteiger partial charge in [-0.15, -0.1) is 5.10 Å². The molecule has 35 heavy (non-hydrogen) atoms. The van der Waals surface area contributed by atoms with E-state index >= 15 is 0 Å². The van der Waals surface area contributed by atoms with E-state index in [1.54, 1.807) is 6.26 Å². The highest BCUT2D eigenvalue weighted by molar-refractivity contribution is 7.99. The van der Waals surface area contributed by atoms with E-state index in [4.69, 9.17) is 14.6 Å². The van der Waals surface area contributed by atoms with Crippen LogP contribution in [0.3, 0.4) is 0 Å².